The number of rotatable bonds is 5. The zero-order valence-corrected chi connectivity index (χ0v) is 12.1. The Hall–Kier alpha value is -1.13. The van der Waals surface area contributed by atoms with Crippen molar-refractivity contribution in [2.24, 2.45) is 0 Å². The highest BCUT2D eigenvalue weighted by Crippen LogP contribution is 2.26. The standard InChI is InChI=1S/C13H16ClN3S/c1-3-11(9-6-5-7-10(14)8-9)15-13-17-16-12(4-2)18-13/h5-8,11H,3-4H2,1-2H3,(H,15,17). The maximum Gasteiger partial charge on any atom is 0.206 e. The predicted molar refractivity (Wildman–Crippen MR) is 77.4 cm³/mol. The van der Waals surface area contributed by atoms with E-state index in [1.807, 2.05) is 18.2 Å². The number of anilines is 1. The summed E-state index contributed by atoms with van der Waals surface area (Å²) in [7, 11) is 0. The molecule has 0 aliphatic carbocycles. The van der Waals surface area contributed by atoms with E-state index < -0.39 is 0 Å². The Bertz CT molecular complexity index is 512. The van der Waals surface area contributed by atoms with Crippen LogP contribution in [0.2, 0.25) is 5.02 Å². The van der Waals surface area contributed by atoms with Crippen LogP contribution in [-0.4, -0.2) is 10.2 Å². The molecule has 1 heterocycles. The molecule has 2 rings (SSSR count). The summed E-state index contributed by atoms with van der Waals surface area (Å²) in [5.74, 6) is 0. The quantitative estimate of drug-likeness (QED) is 0.887. The van der Waals surface area contributed by atoms with Crippen LogP contribution < -0.4 is 5.32 Å². The summed E-state index contributed by atoms with van der Waals surface area (Å²) >= 11 is 7.63. The third kappa shape index (κ3) is 3.21. The molecule has 0 aliphatic heterocycles. The van der Waals surface area contributed by atoms with E-state index in [-0.39, 0.29) is 6.04 Å². The van der Waals surface area contributed by atoms with Crippen LogP contribution in [-0.2, 0) is 6.42 Å². The molecule has 96 valence electrons. The average molecular weight is 282 g/mol. The minimum Gasteiger partial charge on any atom is -0.353 e. The van der Waals surface area contributed by atoms with Crippen molar-refractivity contribution in [3.63, 3.8) is 0 Å². The number of benzene rings is 1. The van der Waals surface area contributed by atoms with Gasteiger partial charge >= 0.3 is 0 Å². The molecule has 0 bridgehead atoms. The van der Waals surface area contributed by atoms with Crippen molar-refractivity contribution in [2.75, 3.05) is 5.32 Å². The molecule has 0 amide bonds. The van der Waals surface area contributed by atoms with E-state index in [2.05, 4.69) is 35.4 Å². The largest absolute Gasteiger partial charge is 0.353 e. The predicted octanol–water partition coefficient (Wildman–Crippen LogP) is 4.32. The van der Waals surface area contributed by atoms with Crippen LogP contribution >= 0.6 is 22.9 Å². The van der Waals surface area contributed by atoms with Gasteiger partial charge in [-0.1, -0.05) is 48.9 Å². The molecule has 0 aliphatic rings. The van der Waals surface area contributed by atoms with Crippen molar-refractivity contribution < 1.29 is 0 Å². The van der Waals surface area contributed by atoms with E-state index >= 15 is 0 Å². The van der Waals surface area contributed by atoms with Crippen LogP contribution in [0.3, 0.4) is 0 Å². The number of nitrogens with one attached hydrogen (secondary N) is 1. The highest BCUT2D eigenvalue weighted by Gasteiger charge is 2.12. The molecule has 18 heavy (non-hydrogen) atoms. The van der Waals surface area contributed by atoms with Crippen molar-refractivity contribution >= 4 is 28.1 Å². The van der Waals surface area contributed by atoms with E-state index in [4.69, 9.17) is 11.6 Å². The number of aryl methyl sites for hydroxylation is 1. The molecule has 1 atom stereocenters. The van der Waals surface area contributed by atoms with E-state index in [0.29, 0.717) is 0 Å². The summed E-state index contributed by atoms with van der Waals surface area (Å²) in [5.41, 5.74) is 1.18. The lowest BCUT2D eigenvalue weighted by Crippen LogP contribution is -2.09. The summed E-state index contributed by atoms with van der Waals surface area (Å²) in [5, 5.41) is 14.4. The summed E-state index contributed by atoms with van der Waals surface area (Å²) in [6.45, 7) is 4.22. The molecule has 1 N–H and O–H groups in total. The number of halogens is 1. The number of nitrogens with zero attached hydrogens (tertiary/aromatic N) is 2. The number of aromatic nitrogens is 2. The zero-order chi connectivity index (χ0) is 13.0. The monoisotopic (exact) mass is 281 g/mol. The first-order valence-electron chi connectivity index (χ1n) is 6.07. The molecule has 0 fully saturated rings. The van der Waals surface area contributed by atoms with Gasteiger partial charge in [-0.15, -0.1) is 10.2 Å². The van der Waals surface area contributed by atoms with Gasteiger partial charge in [-0.2, -0.15) is 0 Å². The smallest absolute Gasteiger partial charge is 0.206 e. The van der Waals surface area contributed by atoms with Gasteiger partial charge in [0, 0.05) is 5.02 Å². The topological polar surface area (TPSA) is 37.8 Å². The van der Waals surface area contributed by atoms with Gasteiger partial charge in [0.25, 0.3) is 0 Å². The molecule has 1 aromatic heterocycles. The summed E-state index contributed by atoms with van der Waals surface area (Å²) in [6, 6.07) is 8.15. The zero-order valence-electron chi connectivity index (χ0n) is 10.5. The van der Waals surface area contributed by atoms with Gasteiger partial charge in [-0.05, 0) is 30.5 Å². The normalized spacial score (nSPS) is 12.4. The van der Waals surface area contributed by atoms with Gasteiger partial charge < -0.3 is 5.32 Å². The molecular formula is C13H16ClN3S. The van der Waals surface area contributed by atoms with Crippen LogP contribution in [0.25, 0.3) is 0 Å². The number of hydrogen-bond acceptors (Lipinski definition) is 4. The second-order valence-corrected chi connectivity index (χ2v) is 5.51. The van der Waals surface area contributed by atoms with E-state index in [9.17, 15) is 0 Å². The Labute approximate surface area is 116 Å². The summed E-state index contributed by atoms with van der Waals surface area (Å²) < 4.78 is 0. The first-order chi connectivity index (χ1) is 8.72. The van der Waals surface area contributed by atoms with Gasteiger partial charge in [-0.3, -0.25) is 0 Å². The molecular weight excluding hydrogens is 266 g/mol. The maximum absolute atomic E-state index is 6.02. The van der Waals surface area contributed by atoms with Crippen molar-refractivity contribution in [1.82, 2.24) is 10.2 Å². The Balaban J connectivity index is 2.14. The molecule has 0 saturated carbocycles. The van der Waals surface area contributed by atoms with Crippen LogP contribution in [0.1, 0.15) is 36.9 Å². The fourth-order valence-electron chi connectivity index (χ4n) is 1.75. The maximum atomic E-state index is 6.02. The fraction of sp³-hybridized carbons (Fsp3) is 0.385. The summed E-state index contributed by atoms with van der Waals surface area (Å²) in [4.78, 5) is 0. The van der Waals surface area contributed by atoms with Crippen LogP contribution in [0.5, 0.6) is 0 Å². The van der Waals surface area contributed by atoms with Crippen LogP contribution in [0, 0.1) is 0 Å². The molecule has 3 nitrogen and oxygen atoms in total. The first-order valence-corrected chi connectivity index (χ1v) is 7.26. The Morgan fingerprint density at radius 1 is 1.33 bits per heavy atom. The molecule has 0 saturated heterocycles. The van der Waals surface area contributed by atoms with Gasteiger partial charge in [0.2, 0.25) is 5.13 Å². The van der Waals surface area contributed by atoms with Gasteiger partial charge in [-0.25, -0.2) is 0 Å². The number of hydrogen-bond donors (Lipinski definition) is 1. The second kappa shape index (κ2) is 6.16. The van der Waals surface area contributed by atoms with Gasteiger partial charge in [0.15, 0.2) is 0 Å². The Morgan fingerprint density at radius 2 is 2.17 bits per heavy atom. The van der Waals surface area contributed by atoms with Crippen molar-refractivity contribution in [2.45, 2.75) is 32.7 Å². The van der Waals surface area contributed by atoms with Crippen LogP contribution in [0.15, 0.2) is 24.3 Å². The molecule has 1 unspecified atom stereocenters. The highest BCUT2D eigenvalue weighted by atomic mass is 35.5. The lowest BCUT2D eigenvalue weighted by atomic mass is 10.1. The SMILES string of the molecule is CCc1nnc(NC(CC)c2cccc(Cl)c2)s1. The van der Waals surface area contributed by atoms with Crippen molar-refractivity contribution in [3.8, 4) is 0 Å². The van der Waals surface area contributed by atoms with E-state index in [0.717, 1.165) is 28.0 Å². The molecule has 5 heteroatoms. The molecule has 0 spiro atoms. The van der Waals surface area contributed by atoms with Crippen molar-refractivity contribution in [3.05, 3.63) is 39.9 Å². The first kappa shape index (κ1) is 13.3. The lowest BCUT2D eigenvalue weighted by Gasteiger charge is -2.16. The van der Waals surface area contributed by atoms with Gasteiger partial charge in [0.1, 0.15) is 5.01 Å². The van der Waals surface area contributed by atoms with E-state index in [1.54, 1.807) is 11.3 Å². The summed E-state index contributed by atoms with van der Waals surface area (Å²) in [6.07, 6.45) is 1.90. The third-order valence-electron chi connectivity index (χ3n) is 2.73. The Kier molecular flexibility index (Phi) is 4.55. The average Bonchev–Trinajstić information content (AvgIpc) is 2.83. The van der Waals surface area contributed by atoms with Gasteiger partial charge in [0.05, 0.1) is 6.04 Å². The molecule has 1 aromatic carbocycles. The second-order valence-electron chi connectivity index (χ2n) is 4.01. The minimum absolute atomic E-state index is 0.223. The highest BCUT2D eigenvalue weighted by molar-refractivity contribution is 7.15. The molecule has 2 aromatic rings. The minimum atomic E-state index is 0.223. The van der Waals surface area contributed by atoms with Crippen LogP contribution in [0.4, 0.5) is 5.13 Å². The molecule has 0 radical (unpaired) electrons. The fourth-order valence-corrected chi connectivity index (χ4v) is 2.68. The van der Waals surface area contributed by atoms with Crippen molar-refractivity contribution in [1.29, 1.82) is 0 Å². The third-order valence-corrected chi connectivity index (χ3v) is 3.96. The Morgan fingerprint density at radius 3 is 2.78 bits per heavy atom. The lowest BCUT2D eigenvalue weighted by molar-refractivity contribution is 0.745. The van der Waals surface area contributed by atoms with E-state index in [1.165, 1.54) is 5.56 Å².